The van der Waals surface area contributed by atoms with E-state index in [4.69, 9.17) is 4.74 Å². The standard InChI is InChI=1S/C24H34O2Si/c1-18(2)22(19(3)23(25)26-7)27(24(4,5)6,20-14-10-8-11-15-20)21-16-12-9-13-17-21/h8-19,22H,1-7H3/t19-,22+/m1/s1. The van der Waals surface area contributed by atoms with E-state index in [2.05, 4.69) is 102 Å². The summed E-state index contributed by atoms with van der Waals surface area (Å²) >= 11 is 0. The van der Waals surface area contributed by atoms with E-state index in [-0.39, 0.29) is 22.5 Å². The lowest BCUT2D eigenvalue weighted by Gasteiger charge is -2.52. The molecule has 2 nitrogen and oxygen atoms in total. The molecule has 0 spiro atoms. The maximum atomic E-state index is 12.7. The quantitative estimate of drug-likeness (QED) is 0.525. The van der Waals surface area contributed by atoms with E-state index in [1.807, 2.05) is 0 Å². The summed E-state index contributed by atoms with van der Waals surface area (Å²) in [5.41, 5.74) is 0.217. The molecule has 146 valence electrons. The number of ether oxygens (including phenoxy) is 1. The Balaban J connectivity index is 2.92. The third kappa shape index (κ3) is 3.89. The minimum Gasteiger partial charge on any atom is -0.469 e. The van der Waals surface area contributed by atoms with Crippen molar-refractivity contribution in [3.8, 4) is 0 Å². The van der Waals surface area contributed by atoms with Crippen LogP contribution in [0.3, 0.4) is 0 Å². The summed E-state index contributed by atoms with van der Waals surface area (Å²) in [7, 11) is -0.883. The van der Waals surface area contributed by atoms with E-state index in [1.165, 1.54) is 17.5 Å². The fourth-order valence-electron chi connectivity index (χ4n) is 5.10. The molecular formula is C24H34O2Si. The van der Waals surface area contributed by atoms with Crippen molar-refractivity contribution in [2.24, 2.45) is 11.8 Å². The molecule has 0 fully saturated rings. The Morgan fingerprint density at radius 3 is 1.56 bits per heavy atom. The molecular weight excluding hydrogens is 348 g/mol. The summed E-state index contributed by atoms with van der Waals surface area (Å²) in [4.78, 5) is 12.7. The highest BCUT2D eigenvalue weighted by molar-refractivity contribution is 7.05. The molecule has 27 heavy (non-hydrogen) atoms. The van der Waals surface area contributed by atoms with E-state index >= 15 is 0 Å². The SMILES string of the molecule is COC(=O)[C@H](C)[C@H](C(C)C)[Si](c1ccccc1)(c1ccccc1)C(C)(C)C. The Labute approximate surface area is 166 Å². The highest BCUT2D eigenvalue weighted by atomic mass is 28.3. The molecule has 0 radical (unpaired) electrons. The van der Waals surface area contributed by atoms with Crippen LogP contribution in [-0.2, 0) is 9.53 Å². The smallest absolute Gasteiger partial charge is 0.308 e. The van der Waals surface area contributed by atoms with Crippen LogP contribution >= 0.6 is 0 Å². The minimum atomic E-state index is -2.38. The Morgan fingerprint density at radius 2 is 1.26 bits per heavy atom. The first kappa shape index (κ1) is 21.4. The maximum Gasteiger partial charge on any atom is 0.308 e. The molecule has 0 aromatic heterocycles. The van der Waals surface area contributed by atoms with Crippen LogP contribution in [0.25, 0.3) is 0 Å². The summed E-state index contributed by atoms with van der Waals surface area (Å²) in [5, 5.41) is 2.80. The lowest BCUT2D eigenvalue weighted by molar-refractivity contribution is -0.145. The van der Waals surface area contributed by atoms with Crippen LogP contribution in [-0.4, -0.2) is 21.2 Å². The van der Waals surface area contributed by atoms with Crippen LogP contribution in [0.15, 0.2) is 60.7 Å². The molecule has 2 atom stereocenters. The zero-order valence-electron chi connectivity index (χ0n) is 17.8. The fraction of sp³-hybridized carbons (Fsp3) is 0.458. The molecule has 3 heteroatoms. The fourth-order valence-corrected chi connectivity index (χ4v) is 12.3. The number of rotatable bonds is 6. The third-order valence-corrected chi connectivity index (χ3v) is 13.0. The molecule has 2 aromatic rings. The van der Waals surface area contributed by atoms with Gasteiger partial charge in [0.05, 0.1) is 13.0 Å². The molecule has 2 rings (SSSR count). The van der Waals surface area contributed by atoms with Crippen molar-refractivity contribution in [2.75, 3.05) is 7.11 Å². The number of hydrogen-bond donors (Lipinski definition) is 0. The van der Waals surface area contributed by atoms with Crippen molar-refractivity contribution in [1.29, 1.82) is 0 Å². The normalized spacial score (nSPS) is 14.7. The second-order valence-electron chi connectivity index (χ2n) is 8.87. The number of methoxy groups -OCH3 is 1. The highest BCUT2D eigenvalue weighted by Crippen LogP contribution is 2.49. The van der Waals surface area contributed by atoms with Gasteiger partial charge < -0.3 is 4.74 Å². The van der Waals surface area contributed by atoms with E-state index < -0.39 is 8.07 Å². The Hall–Kier alpha value is -1.87. The van der Waals surface area contributed by atoms with E-state index in [0.29, 0.717) is 5.92 Å². The molecule has 0 aliphatic rings. The Bertz CT molecular complexity index is 692. The predicted molar refractivity (Wildman–Crippen MR) is 117 cm³/mol. The largest absolute Gasteiger partial charge is 0.469 e. The van der Waals surface area contributed by atoms with Crippen molar-refractivity contribution in [1.82, 2.24) is 0 Å². The van der Waals surface area contributed by atoms with E-state index in [1.54, 1.807) is 0 Å². The first-order chi connectivity index (χ1) is 12.7. The number of hydrogen-bond acceptors (Lipinski definition) is 2. The molecule has 0 aliphatic heterocycles. The second-order valence-corrected chi connectivity index (χ2v) is 13.8. The molecule has 0 heterocycles. The topological polar surface area (TPSA) is 26.3 Å². The van der Waals surface area contributed by atoms with Crippen molar-refractivity contribution in [3.63, 3.8) is 0 Å². The summed E-state index contributed by atoms with van der Waals surface area (Å²) in [6.07, 6.45) is 0. The molecule has 0 amide bonds. The summed E-state index contributed by atoms with van der Waals surface area (Å²) in [6.45, 7) is 13.6. The van der Waals surface area contributed by atoms with Gasteiger partial charge in [-0.2, -0.15) is 0 Å². The van der Waals surface area contributed by atoms with Gasteiger partial charge in [-0.05, 0) is 16.5 Å². The molecule has 0 unspecified atom stereocenters. The predicted octanol–water partition coefficient (Wildman–Crippen LogP) is 4.89. The second kappa shape index (κ2) is 8.43. The number of esters is 1. The maximum absolute atomic E-state index is 12.7. The van der Waals surface area contributed by atoms with Gasteiger partial charge in [-0.15, -0.1) is 0 Å². The van der Waals surface area contributed by atoms with Crippen LogP contribution in [0.1, 0.15) is 41.5 Å². The van der Waals surface area contributed by atoms with Gasteiger partial charge in [-0.3, -0.25) is 4.79 Å². The van der Waals surface area contributed by atoms with Crippen molar-refractivity contribution in [3.05, 3.63) is 60.7 Å². The van der Waals surface area contributed by atoms with Crippen molar-refractivity contribution in [2.45, 2.75) is 52.1 Å². The highest BCUT2D eigenvalue weighted by Gasteiger charge is 2.56. The average molecular weight is 383 g/mol. The van der Waals surface area contributed by atoms with Gasteiger partial charge in [0.15, 0.2) is 0 Å². The van der Waals surface area contributed by atoms with Crippen molar-refractivity contribution >= 4 is 24.4 Å². The first-order valence-corrected chi connectivity index (χ1v) is 11.9. The van der Waals surface area contributed by atoms with Gasteiger partial charge in [0, 0.05) is 0 Å². The van der Waals surface area contributed by atoms with Gasteiger partial charge in [-0.1, -0.05) is 113 Å². The molecule has 2 aromatic carbocycles. The van der Waals surface area contributed by atoms with Gasteiger partial charge in [0.1, 0.15) is 8.07 Å². The summed E-state index contributed by atoms with van der Waals surface area (Å²) in [5.74, 6) is 0.0772. The van der Waals surface area contributed by atoms with Crippen LogP contribution in [0.2, 0.25) is 10.6 Å². The van der Waals surface area contributed by atoms with Crippen LogP contribution in [0.4, 0.5) is 0 Å². The van der Waals surface area contributed by atoms with Crippen LogP contribution in [0, 0.1) is 11.8 Å². The minimum absolute atomic E-state index is 0.0208. The molecule has 0 N–H and O–H groups in total. The third-order valence-electron chi connectivity index (χ3n) is 5.97. The first-order valence-electron chi connectivity index (χ1n) is 9.86. The number of carbonyl (C=O) groups excluding carboxylic acids is 1. The number of carbonyl (C=O) groups is 1. The van der Waals surface area contributed by atoms with Gasteiger partial charge in [0.25, 0.3) is 0 Å². The summed E-state index contributed by atoms with van der Waals surface area (Å²) in [6, 6.07) is 21.7. The van der Waals surface area contributed by atoms with E-state index in [0.717, 1.165) is 0 Å². The monoisotopic (exact) mass is 382 g/mol. The van der Waals surface area contributed by atoms with Gasteiger partial charge in [-0.25, -0.2) is 0 Å². The molecule has 0 saturated heterocycles. The zero-order valence-corrected chi connectivity index (χ0v) is 18.8. The Kier molecular flexibility index (Phi) is 6.69. The van der Waals surface area contributed by atoms with Gasteiger partial charge in [0.2, 0.25) is 0 Å². The molecule has 0 bridgehead atoms. The molecule has 0 saturated carbocycles. The average Bonchev–Trinajstić information content (AvgIpc) is 2.64. The molecule has 0 aliphatic carbocycles. The van der Waals surface area contributed by atoms with Crippen LogP contribution < -0.4 is 10.4 Å². The van der Waals surface area contributed by atoms with Crippen molar-refractivity contribution < 1.29 is 9.53 Å². The van der Waals surface area contributed by atoms with Gasteiger partial charge >= 0.3 is 5.97 Å². The Morgan fingerprint density at radius 1 is 0.852 bits per heavy atom. The van der Waals surface area contributed by atoms with Crippen LogP contribution in [0.5, 0.6) is 0 Å². The zero-order chi connectivity index (χ0) is 20.2. The summed E-state index contributed by atoms with van der Waals surface area (Å²) < 4.78 is 5.21. The lowest BCUT2D eigenvalue weighted by Crippen LogP contribution is -2.69. The lowest BCUT2D eigenvalue weighted by atomic mass is 9.98. The van der Waals surface area contributed by atoms with E-state index in [9.17, 15) is 4.79 Å². The number of benzene rings is 2.